The molecular weight excluding hydrogens is 446 g/mol. The molecule has 1 saturated heterocycles. The molecule has 3 aromatic rings. The quantitative estimate of drug-likeness (QED) is 0.524. The molecule has 1 atom stereocenters. The summed E-state index contributed by atoms with van der Waals surface area (Å²) in [7, 11) is 1.58. The van der Waals surface area contributed by atoms with E-state index in [-0.39, 0.29) is 18.2 Å². The number of anilines is 1. The monoisotopic (exact) mass is 467 g/mol. The minimum absolute atomic E-state index is 0.0550. The number of carbonyl (C=O) groups is 2. The van der Waals surface area contributed by atoms with Gasteiger partial charge in [0.15, 0.2) is 5.17 Å². The van der Waals surface area contributed by atoms with Gasteiger partial charge in [-0.05, 0) is 47.2 Å². The number of ether oxygens (including phenoxy) is 1. The van der Waals surface area contributed by atoms with E-state index < -0.39 is 5.25 Å². The highest BCUT2D eigenvalue weighted by Gasteiger charge is 2.39. The van der Waals surface area contributed by atoms with E-state index in [9.17, 15) is 9.59 Å². The second-order valence-corrected chi connectivity index (χ2v) is 8.88. The molecule has 2 amide bonds. The fraction of sp³-hybridized carbons (Fsp3) is 0.208. The topological polar surface area (TPSA) is 71.0 Å². The maximum absolute atomic E-state index is 13.0. The third-order valence-electron chi connectivity index (χ3n) is 4.99. The van der Waals surface area contributed by atoms with Crippen molar-refractivity contribution in [1.82, 2.24) is 4.90 Å². The zero-order chi connectivity index (χ0) is 22.5. The highest BCUT2D eigenvalue weighted by molar-refractivity contribution is 8.15. The molecule has 0 unspecified atom stereocenters. The van der Waals surface area contributed by atoms with Crippen LogP contribution < -0.4 is 5.32 Å². The minimum Gasteiger partial charge on any atom is -0.383 e. The molecule has 1 heterocycles. The summed E-state index contributed by atoms with van der Waals surface area (Å²) in [5.74, 6) is -0.362. The number of nitrogens with one attached hydrogen (secondary N) is 1. The molecule has 4 rings (SSSR count). The van der Waals surface area contributed by atoms with Crippen LogP contribution in [0, 0.1) is 0 Å². The number of hydrogen-bond donors (Lipinski definition) is 1. The van der Waals surface area contributed by atoms with Gasteiger partial charge in [-0.15, -0.1) is 0 Å². The molecule has 1 aliphatic heterocycles. The number of carbonyl (C=O) groups excluding carboxylic acids is 2. The van der Waals surface area contributed by atoms with Crippen molar-refractivity contribution < 1.29 is 14.3 Å². The number of amides is 2. The Hall–Kier alpha value is -2.87. The summed E-state index contributed by atoms with van der Waals surface area (Å²) in [5.41, 5.74) is 1.39. The van der Waals surface area contributed by atoms with Crippen molar-refractivity contribution in [1.29, 1.82) is 0 Å². The maximum atomic E-state index is 13.0. The van der Waals surface area contributed by atoms with E-state index in [1.807, 2.05) is 42.5 Å². The molecule has 0 saturated carbocycles. The van der Waals surface area contributed by atoms with E-state index in [2.05, 4.69) is 10.3 Å². The van der Waals surface area contributed by atoms with Crippen LogP contribution in [0.4, 0.5) is 11.4 Å². The van der Waals surface area contributed by atoms with Crippen LogP contribution >= 0.6 is 23.4 Å². The first-order valence-electron chi connectivity index (χ1n) is 10.1. The number of amidine groups is 1. The van der Waals surface area contributed by atoms with Crippen LogP contribution in [-0.2, 0) is 14.3 Å². The fourth-order valence-corrected chi connectivity index (χ4v) is 4.70. The average molecular weight is 468 g/mol. The number of benzene rings is 3. The largest absolute Gasteiger partial charge is 0.383 e. The number of rotatable bonds is 7. The van der Waals surface area contributed by atoms with E-state index in [0.29, 0.717) is 34.7 Å². The molecule has 1 N–H and O–H groups in total. The Labute approximate surface area is 195 Å². The summed E-state index contributed by atoms with van der Waals surface area (Å²) in [4.78, 5) is 31.9. The summed E-state index contributed by atoms with van der Waals surface area (Å²) in [6.45, 7) is 0.749. The first-order valence-corrected chi connectivity index (χ1v) is 11.4. The van der Waals surface area contributed by atoms with Crippen LogP contribution in [0.15, 0.2) is 71.7 Å². The molecule has 0 aromatic heterocycles. The standard InChI is InChI=1S/C24H22ClN3O3S/c1-31-13-12-28-23(30)21(32-24(28)27-19-10-7-18(25)8-11-19)15-22(29)26-20-9-6-16-4-2-3-5-17(16)14-20/h2-11,14,21H,12-13,15H2,1H3,(H,26,29)/t21-/m1/s1. The van der Waals surface area contributed by atoms with Crippen LogP contribution in [0.5, 0.6) is 0 Å². The van der Waals surface area contributed by atoms with Gasteiger partial charge in [0.2, 0.25) is 11.8 Å². The van der Waals surface area contributed by atoms with Gasteiger partial charge in [-0.2, -0.15) is 0 Å². The van der Waals surface area contributed by atoms with Crippen LogP contribution in [0.1, 0.15) is 6.42 Å². The van der Waals surface area contributed by atoms with Crippen LogP contribution in [0.2, 0.25) is 5.02 Å². The van der Waals surface area contributed by atoms with Gasteiger partial charge in [0.25, 0.3) is 0 Å². The van der Waals surface area contributed by atoms with Gasteiger partial charge in [-0.25, -0.2) is 4.99 Å². The van der Waals surface area contributed by atoms with Crippen molar-refractivity contribution >= 4 is 62.5 Å². The highest BCUT2D eigenvalue weighted by Crippen LogP contribution is 2.32. The van der Waals surface area contributed by atoms with Crippen molar-refractivity contribution in [2.24, 2.45) is 4.99 Å². The Balaban J connectivity index is 1.47. The molecule has 0 radical (unpaired) electrons. The molecule has 6 nitrogen and oxygen atoms in total. The third kappa shape index (κ3) is 5.30. The fourth-order valence-electron chi connectivity index (χ4n) is 3.39. The second-order valence-electron chi connectivity index (χ2n) is 7.27. The lowest BCUT2D eigenvalue weighted by atomic mass is 10.1. The summed E-state index contributed by atoms with van der Waals surface area (Å²) in [6, 6.07) is 20.8. The number of fused-ring (bicyclic) bond motifs is 1. The summed E-state index contributed by atoms with van der Waals surface area (Å²) < 4.78 is 5.14. The van der Waals surface area contributed by atoms with Crippen molar-refractivity contribution in [3.63, 3.8) is 0 Å². The van der Waals surface area contributed by atoms with Crippen LogP contribution in [0.25, 0.3) is 10.8 Å². The Morgan fingerprint density at radius 1 is 1.12 bits per heavy atom. The number of methoxy groups -OCH3 is 1. The van der Waals surface area contributed by atoms with Gasteiger partial charge < -0.3 is 10.1 Å². The predicted octanol–water partition coefficient (Wildman–Crippen LogP) is 5.10. The summed E-state index contributed by atoms with van der Waals surface area (Å²) in [5, 5.41) is 5.68. The van der Waals surface area contributed by atoms with E-state index in [0.717, 1.165) is 10.8 Å². The Morgan fingerprint density at radius 2 is 1.88 bits per heavy atom. The van der Waals surface area contributed by atoms with Gasteiger partial charge in [0, 0.05) is 24.2 Å². The van der Waals surface area contributed by atoms with Crippen molar-refractivity contribution in [2.45, 2.75) is 11.7 Å². The van der Waals surface area contributed by atoms with E-state index in [1.54, 1.807) is 36.3 Å². The molecule has 164 valence electrons. The predicted molar refractivity (Wildman–Crippen MR) is 131 cm³/mol. The molecule has 0 bridgehead atoms. The van der Waals surface area contributed by atoms with E-state index >= 15 is 0 Å². The zero-order valence-electron chi connectivity index (χ0n) is 17.5. The molecule has 1 fully saturated rings. The van der Waals surface area contributed by atoms with Gasteiger partial charge in [0.05, 0.1) is 18.8 Å². The van der Waals surface area contributed by atoms with Gasteiger partial charge >= 0.3 is 0 Å². The van der Waals surface area contributed by atoms with Crippen molar-refractivity contribution in [3.8, 4) is 0 Å². The molecule has 0 spiro atoms. The molecule has 32 heavy (non-hydrogen) atoms. The summed E-state index contributed by atoms with van der Waals surface area (Å²) in [6.07, 6.45) is 0.0550. The minimum atomic E-state index is -0.543. The van der Waals surface area contributed by atoms with Crippen LogP contribution in [-0.4, -0.2) is 47.4 Å². The number of nitrogens with zero attached hydrogens (tertiary/aromatic N) is 2. The van der Waals surface area contributed by atoms with Crippen LogP contribution in [0.3, 0.4) is 0 Å². The Morgan fingerprint density at radius 3 is 2.62 bits per heavy atom. The molecule has 8 heteroatoms. The molecule has 1 aliphatic rings. The number of aliphatic imine (C=N–C) groups is 1. The zero-order valence-corrected chi connectivity index (χ0v) is 19.0. The SMILES string of the molecule is COCCN1C(=O)[C@@H](CC(=O)Nc2ccc3ccccc3c2)SC1=Nc1ccc(Cl)cc1. The van der Waals surface area contributed by atoms with Crippen molar-refractivity contribution in [3.05, 3.63) is 71.8 Å². The first-order chi connectivity index (χ1) is 15.5. The highest BCUT2D eigenvalue weighted by atomic mass is 35.5. The first kappa shape index (κ1) is 22.3. The summed E-state index contributed by atoms with van der Waals surface area (Å²) >= 11 is 7.24. The van der Waals surface area contributed by atoms with E-state index in [4.69, 9.17) is 16.3 Å². The Kier molecular flexibility index (Phi) is 7.09. The number of halogens is 1. The number of hydrogen-bond acceptors (Lipinski definition) is 5. The molecule has 0 aliphatic carbocycles. The lowest BCUT2D eigenvalue weighted by Gasteiger charge is -2.15. The van der Waals surface area contributed by atoms with Gasteiger partial charge in [-0.3, -0.25) is 14.5 Å². The second kappa shape index (κ2) is 10.2. The van der Waals surface area contributed by atoms with Gasteiger partial charge in [0.1, 0.15) is 5.25 Å². The van der Waals surface area contributed by atoms with Gasteiger partial charge in [-0.1, -0.05) is 53.7 Å². The number of thioether (sulfide) groups is 1. The van der Waals surface area contributed by atoms with E-state index in [1.165, 1.54) is 11.8 Å². The lowest BCUT2D eigenvalue weighted by Crippen LogP contribution is -2.35. The normalized spacial score (nSPS) is 17.3. The smallest absolute Gasteiger partial charge is 0.242 e. The average Bonchev–Trinajstić information content (AvgIpc) is 3.07. The maximum Gasteiger partial charge on any atom is 0.242 e. The van der Waals surface area contributed by atoms with Crippen molar-refractivity contribution in [2.75, 3.05) is 25.6 Å². The molecule has 3 aromatic carbocycles. The molecular formula is C24H22ClN3O3S. The Bertz CT molecular complexity index is 1170. The third-order valence-corrected chi connectivity index (χ3v) is 6.42. The lowest BCUT2D eigenvalue weighted by molar-refractivity contribution is -0.128.